The van der Waals surface area contributed by atoms with Crippen molar-refractivity contribution in [3.8, 4) is 5.75 Å². The second-order valence-electron chi connectivity index (χ2n) is 5.64. The highest BCUT2D eigenvalue weighted by atomic mass is 35.5. The van der Waals surface area contributed by atoms with Gasteiger partial charge in [0.25, 0.3) is 0 Å². The van der Waals surface area contributed by atoms with Gasteiger partial charge in [0.2, 0.25) is 10.0 Å². The Morgan fingerprint density at radius 3 is 2.44 bits per heavy atom. The molecule has 25 heavy (non-hydrogen) atoms. The van der Waals surface area contributed by atoms with E-state index < -0.39 is 16.0 Å². The number of carboxylic acids is 1. The minimum atomic E-state index is -3.34. The molecule has 0 spiro atoms. The summed E-state index contributed by atoms with van der Waals surface area (Å²) in [6, 6.07) is 4.84. The highest BCUT2D eigenvalue weighted by Crippen LogP contribution is 2.27. The zero-order chi connectivity index (χ0) is 18.9. The summed E-state index contributed by atoms with van der Waals surface area (Å²) in [5.41, 5.74) is 0. The third-order valence-corrected chi connectivity index (χ3v) is 5.34. The molecule has 1 N–H and O–H groups in total. The number of rotatable bonds is 12. The van der Waals surface area contributed by atoms with Crippen molar-refractivity contribution in [3.05, 3.63) is 28.2 Å². The van der Waals surface area contributed by atoms with Gasteiger partial charge in [-0.3, -0.25) is 4.79 Å². The van der Waals surface area contributed by atoms with E-state index in [2.05, 4.69) is 0 Å². The van der Waals surface area contributed by atoms with Crippen molar-refractivity contribution in [1.29, 1.82) is 0 Å². The third-order valence-electron chi connectivity index (χ3n) is 3.51. The fourth-order valence-corrected chi connectivity index (χ4v) is 3.54. The molecule has 0 heterocycles. The molecule has 0 saturated carbocycles. The van der Waals surface area contributed by atoms with Crippen LogP contribution in [0.2, 0.25) is 10.0 Å². The Morgan fingerprint density at radius 1 is 1.16 bits per heavy atom. The van der Waals surface area contributed by atoms with Gasteiger partial charge in [0, 0.05) is 24.5 Å². The second-order valence-corrected chi connectivity index (χ2v) is 8.47. The standard InChI is InChI=1S/C16H23Cl2NO5S/c1-25(22,23)19(9-5-3-2-4-6-16(20)21)10-11-24-15-8-7-13(17)12-14(15)18/h7-8,12H,2-6,9-11H2,1H3,(H,20,21). The molecule has 6 nitrogen and oxygen atoms in total. The van der Waals surface area contributed by atoms with Crippen molar-refractivity contribution in [2.24, 2.45) is 0 Å². The Bertz CT molecular complexity index is 666. The Kier molecular flexibility index (Phi) is 9.56. The molecule has 0 radical (unpaired) electrons. The van der Waals surface area contributed by atoms with E-state index in [9.17, 15) is 13.2 Å². The number of ether oxygens (including phenoxy) is 1. The van der Waals surface area contributed by atoms with Gasteiger partial charge in [0.1, 0.15) is 12.4 Å². The Hall–Kier alpha value is -1.02. The molecule has 0 unspecified atom stereocenters. The highest BCUT2D eigenvalue weighted by Gasteiger charge is 2.16. The molecule has 142 valence electrons. The van der Waals surface area contributed by atoms with Crippen LogP contribution in [0.3, 0.4) is 0 Å². The molecule has 0 aliphatic rings. The van der Waals surface area contributed by atoms with Crippen molar-refractivity contribution in [3.63, 3.8) is 0 Å². The summed E-state index contributed by atoms with van der Waals surface area (Å²) in [5, 5.41) is 9.44. The summed E-state index contributed by atoms with van der Waals surface area (Å²) in [7, 11) is -3.34. The van der Waals surface area contributed by atoms with E-state index in [-0.39, 0.29) is 19.6 Å². The predicted octanol–water partition coefficient (Wildman–Crippen LogP) is 3.67. The van der Waals surface area contributed by atoms with Gasteiger partial charge in [0.15, 0.2) is 0 Å². The van der Waals surface area contributed by atoms with E-state index in [4.69, 9.17) is 33.0 Å². The fraction of sp³-hybridized carbons (Fsp3) is 0.562. The SMILES string of the molecule is CS(=O)(=O)N(CCCCCCC(=O)O)CCOc1ccc(Cl)cc1Cl. The van der Waals surface area contributed by atoms with Gasteiger partial charge < -0.3 is 9.84 Å². The van der Waals surface area contributed by atoms with Crippen LogP contribution in [-0.2, 0) is 14.8 Å². The summed E-state index contributed by atoms with van der Waals surface area (Å²) >= 11 is 11.8. The maximum absolute atomic E-state index is 11.8. The fourth-order valence-electron chi connectivity index (χ4n) is 2.21. The summed E-state index contributed by atoms with van der Waals surface area (Å²) < 4.78 is 30.6. The summed E-state index contributed by atoms with van der Waals surface area (Å²) in [6.45, 7) is 0.768. The molecule has 0 fully saturated rings. The quantitative estimate of drug-likeness (QED) is 0.530. The lowest BCUT2D eigenvalue weighted by Gasteiger charge is -2.20. The summed E-state index contributed by atoms with van der Waals surface area (Å²) in [5.74, 6) is -0.357. The Labute approximate surface area is 158 Å². The van der Waals surface area contributed by atoms with E-state index in [0.717, 1.165) is 19.1 Å². The minimum Gasteiger partial charge on any atom is -0.491 e. The monoisotopic (exact) mass is 411 g/mol. The molecule has 0 amide bonds. The van der Waals surface area contributed by atoms with E-state index in [1.54, 1.807) is 18.2 Å². The number of carboxylic acid groups (broad SMARTS) is 1. The number of sulfonamides is 1. The minimum absolute atomic E-state index is 0.144. The van der Waals surface area contributed by atoms with Gasteiger partial charge in [-0.05, 0) is 31.0 Å². The average molecular weight is 412 g/mol. The number of benzene rings is 1. The lowest BCUT2D eigenvalue weighted by atomic mass is 10.1. The molecular weight excluding hydrogens is 389 g/mol. The molecule has 0 aromatic heterocycles. The number of unbranched alkanes of at least 4 members (excludes halogenated alkanes) is 3. The number of hydrogen-bond donors (Lipinski definition) is 1. The first-order chi connectivity index (χ1) is 11.7. The highest BCUT2D eigenvalue weighted by molar-refractivity contribution is 7.88. The number of halogens is 2. The van der Waals surface area contributed by atoms with E-state index in [0.29, 0.717) is 35.2 Å². The molecule has 9 heteroatoms. The number of carbonyl (C=O) groups is 1. The maximum atomic E-state index is 11.8. The topological polar surface area (TPSA) is 83.9 Å². The van der Waals surface area contributed by atoms with Gasteiger partial charge in [-0.2, -0.15) is 4.31 Å². The molecule has 0 aliphatic heterocycles. The van der Waals surface area contributed by atoms with E-state index in [1.165, 1.54) is 4.31 Å². The normalized spacial score (nSPS) is 11.7. The van der Waals surface area contributed by atoms with Gasteiger partial charge in [0.05, 0.1) is 11.3 Å². The molecular formula is C16H23Cl2NO5S. The van der Waals surface area contributed by atoms with Gasteiger partial charge in [-0.1, -0.05) is 36.0 Å². The molecule has 0 atom stereocenters. The molecule has 1 aromatic carbocycles. The van der Waals surface area contributed by atoms with Crippen molar-refractivity contribution in [1.82, 2.24) is 4.31 Å². The predicted molar refractivity (Wildman–Crippen MR) is 99.1 cm³/mol. The van der Waals surface area contributed by atoms with Crippen LogP contribution >= 0.6 is 23.2 Å². The van der Waals surface area contributed by atoms with Crippen LogP contribution in [0, 0.1) is 0 Å². The zero-order valence-corrected chi connectivity index (χ0v) is 16.4. The first kappa shape index (κ1) is 22.0. The van der Waals surface area contributed by atoms with E-state index >= 15 is 0 Å². The Balaban J connectivity index is 2.39. The van der Waals surface area contributed by atoms with Gasteiger partial charge in [-0.15, -0.1) is 0 Å². The van der Waals surface area contributed by atoms with Crippen molar-refractivity contribution >= 4 is 39.2 Å². The van der Waals surface area contributed by atoms with Crippen molar-refractivity contribution < 1.29 is 23.1 Å². The van der Waals surface area contributed by atoms with Crippen LogP contribution in [0.4, 0.5) is 0 Å². The lowest BCUT2D eigenvalue weighted by Crippen LogP contribution is -2.34. The molecule has 1 rings (SSSR count). The maximum Gasteiger partial charge on any atom is 0.303 e. The molecule has 0 bridgehead atoms. The largest absolute Gasteiger partial charge is 0.491 e. The van der Waals surface area contributed by atoms with Crippen LogP contribution in [0.25, 0.3) is 0 Å². The summed E-state index contributed by atoms with van der Waals surface area (Å²) in [4.78, 5) is 10.4. The van der Waals surface area contributed by atoms with Crippen molar-refractivity contribution in [2.75, 3.05) is 26.0 Å². The van der Waals surface area contributed by atoms with Crippen LogP contribution < -0.4 is 4.74 Å². The first-order valence-corrected chi connectivity index (χ1v) is 10.6. The van der Waals surface area contributed by atoms with Crippen LogP contribution in [0.5, 0.6) is 5.75 Å². The van der Waals surface area contributed by atoms with Crippen LogP contribution in [-0.4, -0.2) is 49.8 Å². The number of nitrogens with zero attached hydrogens (tertiary/aromatic N) is 1. The van der Waals surface area contributed by atoms with Crippen molar-refractivity contribution in [2.45, 2.75) is 32.1 Å². The average Bonchev–Trinajstić information content (AvgIpc) is 2.49. The number of hydrogen-bond acceptors (Lipinski definition) is 4. The van der Waals surface area contributed by atoms with Gasteiger partial charge in [-0.25, -0.2) is 8.42 Å². The molecule has 1 aromatic rings. The third kappa shape index (κ3) is 9.30. The second kappa shape index (κ2) is 10.9. The first-order valence-electron chi connectivity index (χ1n) is 7.95. The summed E-state index contributed by atoms with van der Waals surface area (Å²) in [6.07, 6.45) is 4.13. The number of aliphatic carboxylic acids is 1. The Morgan fingerprint density at radius 2 is 1.84 bits per heavy atom. The lowest BCUT2D eigenvalue weighted by molar-refractivity contribution is -0.137. The molecule has 0 aliphatic carbocycles. The smallest absolute Gasteiger partial charge is 0.303 e. The molecule has 0 saturated heterocycles. The van der Waals surface area contributed by atoms with Gasteiger partial charge >= 0.3 is 5.97 Å². The van der Waals surface area contributed by atoms with E-state index in [1.807, 2.05) is 0 Å². The van der Waals surface area contributed by atoms with Crippen LogP contribution in [0.1, 0.15) is 32.1 Å². The van der Waals surface area contributed by atoms with Crippen LogP contribution in [0.15, 0.2) is 18.2 Å². The zero-order valence-electron chi connectivity index (χ0n) is 14.1.